The summed E-state index contributed by atoms with van der Waals surface area (Å²) in [6, 6.07) is 0. The van der Waals surface area contributed by atoms with E-state index in [-0.39, 0.29) is 18.1 Å². The fourth-order valence-corrected chi connectivity index (χ4v) is 1.45. The quantitative estimate of drug-likeness (QED) is 0.442. The second-order valence-corrected chi connectivity index (χ2v) is 3.97. The largest absolute Gasteiger partial charge is 0.481 e. The third kappa shape index (κ3) is 7.78. The molecule has 18 heavy (non-hydrogen) atoms. The van der Waals surface area contributed by atoms with E-state index in [1.807, 2.05) is 0 Å². The van der Waals surface area contributed by atoms with Crippen LogP contribution in [0.2, 0.25) is 0 Å². The lowest BCUT2D eigenvalue weighted by atomic mass is 10.0. The monoisotopic (exact) mass is 259 g/mol. The molecule has 1 amide bonds. The smallest absolute Gasteiger partial charge is 0.303 e. The molecule has 0 saturated heterocycles. The Labute approximate surface area is 107 Å². The molecule has 0 saturated carbocycles. The lowest BCUT2D eigenvalue weighted by Gasteiger charge is -2.11. The summed E-state index contributed by atoms with van der Waals surface area (Å²) < 4.78 is 5.15. The summed E-state index contributed by atoms with van der Waals surface area (Å²) in [5.41, 5.74) is 0. The molecule has 0 aliphatic carbocycles. The van der Waals surface area contributed by atoms with Crippen molar-refractivity contribution in [3.63, 3.8) is 0 Å². The van der Waals surface area contributed by atoms with E-state index in [2.05, 4.69) is 5.32 Å². The van der Waals surface area contributed by atoms with Crippen molar-refractivity contribution in [1.29, 1.82) is 0 Å². The minimum atomic E-state index is -0.848. The second-order valence-electron chi connectivity index (χ2n) is 3.97. The number of rotatable bonds is 10. The zero-order valence-corrected chi connectivity index (χ0v) is 10.9. The highest BCUT2D eigenvalue weighted by atomic mass is 16.5. The number of carbonyl (C=O) groups is 3. The number of ether oxygens (including phenoxy) is 1. The molecule has 0 aliphatic heterocycles. The molecule has 1 atom stereocenters. The molecule has 0 fully saturated rings. The second kappa shape index (κ2) is 9.58. The number of carbonyl (C=O) groups excluding carboxylic acids is 2. The first-order valence-corrected chi connectivity index (χ1v) is 6.06. The molecule has 0 bridgehead atoms. The Morgan fingerprint density at radius 3 is 2.44 bits per heavy atom. The van der Waals surface area contributed by atoms with Gasteiger partial charge in [0.15, 0.2) is 0 Å². The Balaban J connectivity index is 3.57. The van der Waals surface area contributed by atoms with E-state index in [1.54, 1.807) is 6.92 Å². The van der Waals surface area contributed by atoms with Crippen LogP contribution in [-0.2, 0) is 19.1 Å². The molecule has 0 aliphatic rings. The number of carboxylic acids is 1. The van der Waals surface area contributed by atoms with Crippen molar-refractivity contribution < 1.29 is 24.2 Å². The molecule has 2 N–H and O–H groups in total. The van der Waals surface area contributed by atoms with Gasteiger partial charge in [-0.1, -0.05) is 6.92 Å². The molecule has 0 unspecified atom stereocenters. The molecule has 0 aromatic heterocycles. The average Bonchev–Trinajstić information content (AvgIpc) is 2.27. The minimum absolute atomic E-state index is 0.0780. The number of ketones is 1. The van der Waals surface area contributed by atoms with Crippen LogP contribution in [0.25, 0.3) is 0 Å². The predicted molar refractivity (Wildman–Crippen MR) is 65.2 cm³/mol. The van der Waals surface area contributed by atoms with E-state index in [0.717, 1.165) is 0 Å². The van der Waals surface area contributed by atoms with Crippen LogP contribution >= 0.6 is 0 Å². The zero-order chi connectivity index (χ0) is 14.0. The van der Waals surface area contributed by atoms with Crippen LogP contribution in [0.1, 0.15) is 33.1 Å². The van der Waals surface area contributed by atoms with E-state index in [4.69, 9.17) is 9.84 Å². The van der Waals surface area contributed by atoms with Crippen LogP contribution in [0.4, 0.5) is 0 Å². The molecule has 6 nitrogen and oxygen atoms in total. The van der Waals surface area contributed by atoms with Crippen LogP contribution in [0, 0.1) is 5.92 Å². The maximum Gasteiger partial charge on any atom is 0.303 e. The Morgan fingerprint density at radius 2 is 1.94 bits per heavy atom. The lowest BCUT2D eigenvalue weighted by Crippen LogP contribution is -2.36. The first kappa shape index (κ1) is 16.6. The van der Waals surface area contributed by atoms with Gasteiger partial charge in [-0.3, -0.25) is 14.4 Å². The number of amides is 1. The number of Topliss-reactive ketones (excluding diaryl/α,β-unsaturated/α-hetero) is 1. The van der Waals surface area contributed by atoms with Gasteiger partial charge < -0.3 is 15.2 Å². The van der Waals surface area contributed by atoms with E-state index in [9.17, 15) is 14.4 Å². The van der Waals surface area contributed by atoms with E-state index >= 15 is 0 Å². The highest BCUT2D eigenvalue weighted by Crippen LogP contribution is 2.03. The van der Waals surface area contributed by atoms with Crippen LogP contribution in [-0.4, -0.2) is 42.5 Å². The minimum Gasteiger partial charge on any atom is -0.481 e. The standard InChI is InChI=1S/C12H21NO5/c1-3-10(9(2)14)12(17)13-6-8-18-7-4-5-11(15)16/h10H,3-8H2,1-2H3,(H,13,17)(H,15,16)/t10-/m1/s1. The summed E-state index contributed by atoms with van der Waals surface area (Å²) >= 11 is 0. The van der Waals surface area contributed by atoms with E-state index in [0.29, 0.717) is 32.6 Å². The first-order chi connectivity index (χ1) is 8.49. The summed E-state index contributed by atoms with van der Waals surface area (Å²) in [6.45, 7) is 4.19. The molecular weight excluding hydrogens is 238 g/mol. The summed E-state index contributed by atoms with van der Waals surface area (Å²) in [6.07, 6.45) is 1.02. The molecule has 104 valence electrons. The molecule has 0 heterocycles. The number of carboxylic acid groups (broad SMARTS) is 1. The van der Waals surface area contributed by atoms with Crippen molar-refractivity contribution in [3.8, 4) is 0 Å². The summed E-state index contributed by atoms with van der Waals surface area (Å²) in [5, 5.41) is 11.0. The van der Waals surface area contributed by atoms with Gasteiger partial charge in [-0.05, 0) is 19.8 Å². The van der Waals surface area contributed by atoms with Crippen LogP contribution in [0.15, 0.2) is 0 Å². The molecule has 0 aromatic carbocycles. The Bertz CT molecular complexity index is 290. The van der Waals surface area contributed by atoms with Gasteiger partial charge >= 0.3 is 5.97 Å². The Hall–Kier alpha value is -1.43. The zero-order valence-electron chi connectivity index (χ0n) is 10.9. The van der Waals surface area contributed by atoms with Gasteiger partial charge in [-0.2, -0.15) is 0 Å². The third-order valence-electron chi connectivity index (χ3n) is 2.44. The van der Waals surface area contributed by atoms with Gasteiger partial charge in [0.05, 0.1) is 12.5 Å². The third-order valence-corrected chi connectivity index (χ3v) is 2.44. The van der Waals surface area contributed by atoms with Crippen molar-refractivity contribution >= 4 is 17.7 Å². The maximum absolute atomic E-state index is 11.5. The number of hydrogen-bond donors (Lipinski definition) is 2. The number of nitrogens with one attached hydrogen (secondary N) is 1. The average molecular weight is 259 g/mol. The predicted octanol–water partition coefficient (Wildman–Crippen LogP) is 0.599. The number of aliphatic carboxylic acids is 1. The highest BCUT2D eigenvalue weighted by molar-refractivity contribution is 6.00. The fourth-order valence-electron chi connectivity index (χ4n) is 1.45. The molecule has 0 aromatic rings. The van der Waals surface area contributed by atoms with Crippen molar-refractivity contribution in [2.45, 2.75) is 33.1 Å². The van der Waals surface area contributed by atoms with Crippen LogP contribution in [0.3, 0.4) is 0 Å². The van der Waals surface area contributed by atoms with Crippen molar-refractivity contribution in [2.24, 2.45) is 5.92 Å². The fraction of sp³-hybridized carbons (Fsp3) is 0.750. The summed E-state index contributed by atoms with van der Waals surface area (Å²) in [7, 11) is 0. The SMILES string of the molecule is CC[C@H](C(C)=O)C(=O)NCCOCCCC(=O)O. The first-order valence-electron chi connectivity index (χ1n) is 6.06. The van der Waals surface area contributed by atoms with Crippen LogP contribution in [0.5, 0.6) is 0 Å². The lowest BCUT2D eigenvalue weighted by molar-refractivity contribution is -0.137. The number of hydrogen-bond acceptors (Lipinski definition) is 4. The Kier molecular flexibility index (Phi) is 8.82. The van der Waals surface area contributed by atoms with Crippen LogP contribution < -0.4 is 5.32 Å². The highest BCUT2D eigenvalue weighted by Gasteiger charge is 2.20. The molecule has 0 rings (SSSR count). The van der Waals surface area contributed by atoms with E-state index in [1.165, 1.54) is 6.92 Å². The normalized spacial score (nSPS) is 11.9. The van der Waals surface area contributed by atoms with Gasteiger partial charge in [0.2, 0.25) is 5.91 Å². The van der Waals surface area contributed by atoms with Gasteiger partial charge in [0, 0.05) is 19.6 Å². The van der Waals surface area contributed by atoms with Gasteiger partial charge in [0.1, 0.15) is 5.78 Å². The van der Waals surface area contributed by atoms with Crippen molar-refractivity contribution in [3.05, 3.63) is 0 Å². The van der Waals surface area contributed by atoms with Gasteiger partial charge in [0.25, 0.3) is 0 Å². The molecule has 0 radical (unpaired) electrons. The molecule has 6 heteroatoms. The van der Waals surface area contributed by atoms with Crippen molar-refractivity contribution in [2.75, 3.05) is 19.8 Å². The topological polar surface area (TPSA) is 92.7 Å². The maximum atomic E-state index is 11.5. The van der Waals surface area contributed by atoms with Gasteiger partial charge in [-0.25, -0.2) is 0 Å². The summed E-state index contributed by atoms with van der Waals surface area (Å²) in [5.74, 6) is -1.85. The van der Waals surface area contributed by atoms with Gasteiger partial charge in [-0.15, -0.1) is 0 Å². The molecular formula is C12H21NO5. The molecule has 0 spiro atoms. The Morgan fingerprint density at radius 1 is 1.28 bits per heavy atom. The van der Waals surface area contributed by atoms with Crippen molar-refractivity contribution in [1.82, 2.24) is 5.32 Å². The van der Waals surface area contributed by atoms with E-state index < -0.39 is 11.9 Å². The summed E-state index contributed by atoms with van der Waals surface area (Å²) in [4.78, 5) is 32.8.